The van der Waals surface area contributed by atoms with Crippen molar-refractivity contribution in [3.05, 3.63) is 76.7 Å². The van der Waals surface area contributed by atoms with E-state index in [4.69, 9.17) is 0 Å². The predicted octanol–water partition coefficient (Wildman–Crippen LogP) is 4.40. The lowest BCUT2D eigenvalue weighted by Gasteiger charge is -2.15. The maximum atomic E-state index is 13.3. The predicted molar refractivity (Wildman–Crippen MR) is 102 cm³/mol. The summed E-state index contributed by atoms with van der Waals surface area (Å²) in [6.45, 7) is 4.00. The zero-order valence-electron chi connectivity index (χ0n) is 14.5. The summed E-state index contributed by atoms with van der Waals surface area (Å²) in [6.07, 6.45) is 0. The molecule has 2 aromatic carbocycles. The minimum atomic E-state index is -0.305. The van der Waals surface area contributed by atoms with Crippen molar-refractivity contribution in [3.8, 4) is 5.69 Å². The highest BCUT2D eigenvalue weighted by molar-refractivity contribution is 8.00. The monoisotopic (exact) mass is 367 g/mol. The number of halogens is 1. The van der Waals surface area contributed by atoms with Gasteiger partial charge in [0, 0.05) is 5.56 Å². The number of hydrogen-bond donors (Lipinski definition) is 1. The molecule has 0 bridgehead atoms. The number of anilines is 1. The molecule has 0 saturated carbocycles. The Hall–Kier alpha value is -2.60. The van der Waals surface area contributed by atoms with E-state index in [2.05, 4.69) is 41.6 Å². The maximum absolute atomic E-state index is 13.3. The molecule has 4 rings (SSSR count). The Morgan fingerprint density at radius 1 is 1.12 bits per heavy atom. The van der Waals surface area contributed by atoms with Gasteiger partial charge in [-0.1, -0.05) is 29.8 Å². The minimum absolute atomic E-state index is 0.0127. The number of aromatic nitrogens is 2. The Bertz CT molecular complexity index is 964. The Balaban J connectivity index is 1.87. The van der Waals surface area contributed by atoms with Crippen molar-refractivity contribution in [3.63, 3.8) is 0 Å². The van der Waals surface area contributed by atoms with Crippen LogP contribution < -0.4 is 5.32 Å². The number of amides is 1. The van der Waals surface area contributed by atoms with Gasteiger partial charge in [-0.25, -0.2) is 9.07 Å². The van der Waals surface area contributed by atoms with E-state index in [-0.39, 0.29) is 17.0 Å². The number of fused-ring (bicyclic) bond motifs is 1. The Labute approximate surface area is 155 Å². The third kappa shape index (κ3) is 3.01. The minimum Gasteiger partial charge on any atom is -0.310 e. The van der Waals surface area contributed by atoms with Gasteiger partial charge in [0.15, 0.2) is 0 Å². The van der Waals surface area contributed by atoms with Crippen molar-refractivity contribution in [2.75, 3.05) is 11.1 Å². The standard InChI is InChI=1S/C20H18FN3OS/c1-12-3-5-14(6-4-12)19-18-13(2)23-24(16-9-7-15(21)8-10-16)20(18)22-17(25)11-26-19/h3-10,19H,11H2,1-2H3,(H,22,25)/t19-/m0/s1. The van der Waals surface area contributed by atoms with Crippen LogP contribution in [0, 0.1) is 19.7 Å². The summed E-state index contributed by atoms with van der Waals surface area (Å²) in [6, 6.07) is 14.5. The van der Waals surface area contributed by atoms with E-state index in [1.807, 2.05) is 6.92 Å². The lowest BCUT2D eigenvalue weighted by molar-refractivity contribution is -0.113. The summed E-state index contributed by atoms with van der Waals surface area (Å²) >= 11 is 1.59. The summed E-state index contributed by atoms with van der Waals surface area (Å²) < 4.78 is 15.0. The van der Waals surface area contributed by atoms with E-state index in [0.29, 0.717) is 17.3 Å². The first-order chi connectivity index (χ1) is 12.5. The molecule has 0 fully saturated rings. The number of benzene rings is 2. The number of thioether (sulfide) groups is 1. The highest BCUT2D eigenvalue weighted by Gasteiger charge is 2.30. The second kappa shape index (κ2) is 6.61. The zero-order valence-corrected chi connectivity index (χ0v) is 15.3. The van der Waals surface area contributed by atoms with Gasteiger partial charge in [-0.15, -0.1) is 11.8 Å². The van der Waals surface area contributed by atoms with Gasteiger partial charge in [0.1, 0.15) is 11.6 Å². The maximum Gasteiger partial charge on any atom is 0.235 e. The third-order valence-electron chi connectivity index (χ3n) is 4.46. The van der Waals surface area contributed by atoms with E-state index >= 15 is 0 Å². The lowest BCUT2D eigenvalue weighted by Crippen LogP contribution is -2.15. The molecule has 132 valence electrons. The molecule has 1 aromatic heterocycles. The number of rotatable bonds is 2. The smallest absolute Gasteiger partial charge is 0.235 e. The van der Waals surface area contributed by atoms with Crippen LogP contribution in [0.1, 0.15) is 27.6 Å². The molecule has 6 heteroatoms. The van der Waals surface area contributed by atoms with Crippen molar-refractivity contribution in [1.82, 2.24) is 9.78 Å². The van der Waals surface area contributed by atoms with E-state index in [9.17, 15) is 9.18 Å². The number of carbonyl (C=O) groups is 1. The highest BCUT2D eigenvalue weighted by atomic mass is 32.2. The van der Waals surface area contributed by atoms with Gasteiger partial charge in [-0.2, -0.15) is 5.10 Å². The molecule has 0 unspecified atom stereocenters. The molecule has 0 saturated heterocycles. The van der Waals surface area contributed by atoms with Crippen LogP contribution in [-0.4, -0.2) is 21.4 Å². The molecule has 4 nitrogen and oxygen atoms in total. The molecule has 1 aliphatic rings. The van der Waals surface area contributed by atoms with Crippen LogP contribution in [-0.2, 0) is 4.79 Å². The summed E-state index contributed by atoms with van der Waals surface area (Å²) in [7, 11) is 0. The molecule has 0 aliphatic carbocycles. The molecule has 1 amide bonds. The highest BCUT2D eigenvalue weighted by Crippen LogP contribution is 2.43. The van der Waals surface area contributed by atoms with Crippen LogP contribution in [0.3, 0.4) is 0 Å². The quantitative estimate of drug-likeness (QED) is 0.730. The topological polar surface area (TPSA) is 46.9 Å². The number of nitrogens with zero attached hydrogens (tertiary/aromatic N) is 2. The molecular weight excluding hydrogens is 349 g/mol. The van der Waals surface area contributed by atoms with Crippen LogP contribution in [0.4, 0.5) is 10.2 Å². The fraction of sp³-hybridized carbons (Fsp3) is 0.200. The Kier molecular flexibility index (Phi) is 4.28. The van der Waals surface area contributed by atoms with Crippen LogP contribution in [0.5, 0.6) is 0 Å². The summed E-state index contributed by atoms with van der Waals surface area (Å²) in [5.74, 6) is 0.667. The van der Waals surface area contributed by atoms with Crippen LogP contribution >= 0.6 is 11.8 Å². The molecule has 26 heavy (non-hydrogen) atoms. The first-order valence-corrected chi connectivity index (χ1v) is 9.41. The van der Waals surface area contributed by atoms with Crippen molar-refractivity contribution in [2.45, 2.75) is 19.1 Å². The van der Waals surface area contributed by atoms with Gasteiger partial charge in [0.05, 0.1) is 22.4 Å². The number of aryl methyl sites for hydroxylation is 2. The van der Waals surface area contributed by atoms with Crippen LogP contribution in [0.2, 0.25) is 0 Å². The van der Waals surface area contributed by atoms with Crippen LogP contribution in [0.15, 0.2) is 48.5 Å². The molecule has 0 radical (unpaired) electrons. The normalized spacial score (nSPS) is 16.7. The largest absolute Gasteiger partial charge is 0.310 e. The molecule has 1 aliphatic heterocycles. The molecule has 1 atom stereocenters. The molecule has 1 N–H and O–H groups in total. The molecule has 3 aromatic rings. The zero-order chi connectivity index (χ0) is 18.3. The first-order valence-electron chi connectivity index (χ1n) is 8.36. The fourth-order valence-corrected chi connectivity index (χ4v) is 4.35. The van der Waals surface area contributed by atoms with Crippen molar-refractivity contribution >= 4 is 23.5 Å². The average molecular weight is 367 g/mol. The van der Waals surface area contributed by atoms with Crippen molar-refractivity contribution in [1.29, 1.82) is 0 Å². The number of nitrogens with one attached hydrogen (secondary N) is 1. The van der Waals surface area contributed by atoms with Gasteiger partial charge in [0.25, 0.3) is 0 Å². The number of hydrogen-bond acceptors (Lipinski definition) is 3. The van der Waals surface area contributed by atoms with E-state index < -0.39 is 0 Å². The SMILES string of the molecule is Cc1ccc([C@@H]2SCC(=O)Nc3c2c(C)nn3-c2ccc(F)cc2)cc1. The van der Waals surface area contributed by atoms with Gasteiger partial charge in [-0.3, -0.25) is 4.79 Å². The first kappa shape index (κ1) is 16.8. The average Bonchev–Trinajstić information content (AvgIpc) is 2.83. The van der Waals surface area contributed by atoms with Crippen molar-refractivity contribution < 1.29 is 9.18 Å². The molecule has 0 spiro atoms. The Morgan fingerprint density at radius 3 is 2.50 bits per heavy atom. The van der Waals surface area contributed by atoms with E-state index in [0.717, 1.165) is 16.8 Å². The number of carbonyl (C=O) groups excluding carboxylic acids is 1. The second-order valence-electron chi connectivity index (χ2n) is 6.39. The van der Waals surface area contributed by atoms with E-state index in [1.165, 1.54) is 17.7 Å². The summed E-state index contributed by atoms with van der Waals surface area (Å²) in [4.78, 5) is 12.3. The molecule has 2 heterocycles. The summed E-state index contributed by atoms with van der Waals surface area (Å²) in [5.41, 5.74) is 4.89. The summed E-state index contributed by atoms with van der Waals surface area (Å²) in [5, 5.41) is 7.62. The lowest BCUT2D eigenvalue weighted by atomic mass is 10.0. The van der Waals surface area contributed by atoms with Crippen LogP contribution in [0.25, 0.3) is 5.69 Å². The fourth-order valence-electron chi connectivity index (χ4n) is 3.16. The van der Waals surface area contributed by atoms with Crippen molar-refractivity contribution in [2.24, 2.45) is 0 Å². The van der Waals surface area contributed by atoms with Gasteiger partial charge < -0.3 is 5.32 Å². The van der Waals surface area contributed by atoms with E-state index in [1.54, 1.807) is 28.6 Å². The van der Waals surface area contributed by atoms with Gasteiger partial charge >= 0.3 is 0 Å². The second-order valence-corrected chi connectivity index (χ2v) is 7.48. The third-order valence-corrected chi connectivity index (χ3v) is 5.73. The van der Waals surface area contributed by atoms with Gasteiger partial charge in [0.2, 0.25) is 5.91 Å². The van der Waals surface area contributed by atoms with Gasteiger partial charge in [-0.05, 0) is 43.7 Å². The Morgan fingerprint density at radius 2 is 1.81 bits per heavy atom. The molecular formula is C20H18FN3OS.